The standard InChI is InChI=1S/C32H48N4O6/c1-31(2,22-11-15-41-16-12-22)29(38)34-23-17-21(19-33-20-23)28(37)36(24-7-8-24)25-9-10-27-26(18-25)35(13-6-14-40-5)30(39)32(3,4)42-27/h9-10,18,21-24,33H,6-8,11-17,19-20H2,1-5H3,(H,34,38)/t21-,23+/m1/s1. The van der Waals surface area contributed by atoms with Gasteiger partial charge in [-0.2, -0.15) is 0 Å². The van der Waals surface area contributed by atoms with Crippen molar-refractivity contribution in [2.45, 2.75) is 83.9 Å². The molecule has 1 aromatic carbocycles. The number of hydrogen-bond donors (Lipinski definition) is 2. The van der Waals surface area contributed by atoms with Crippen molar-refractivity contribution in [1.82, 2.24) is 10.6 Å². The number of benzene rings is 1. The molecule has 1 saturated carbocycles. The smallest absolute Gasteiger partial charge is 0.270 e. The Bertz CT molecular complexity index is 1160. The molecule has 0 unspecified atom stereocenters. The molecule has 0 bridgehead atoms. The van der Waals surface area contributed by atoms with E-state index in [1.807, 2.05) is 36.9 Å². The first-order valence-corrected chi connectivity index (χ1v) is 15.6. The first kappa shape index (κ1) is 30.8. The summed E-state index contributed by atoms with van der Waals surface area (Å²) >= 11 is 0. The van der Waals surface area contributed by atoms with E-state index in [1.54, 1.807) is 25.9 Å². The molecule has 3 amide bonds. The van der Waals surface area contributed by atoms with Crippen LogP contribution in [0.3, 0.4) is 0 Å². The summed E-state index contributed by atoms with van der Waals surface area (Å²) in [7, 11) is 1.65. The highest BCUT2D eigenvalue weighted by Crippen LogP contribution is 2.43. The fraction of sp³-hybridized carbons (Fsp3) is 0.719. The Balaban J connectivity index is 1.31. The summed E-state index contributed by atoms with van der Waals surface area (Å²) in [6.45, 7) is 11.3. The molecule has 1 aliphatic carbocycles. The van der Waals surface area contributed by atoms with Crippen LogP contribution in [0.5, 0.6) is 5.75 Å². The fourth-order valence-corrected chi connectivity index (χ4v) is 6.56. The molecule has 3 aliphatic heterocycles. The second kappa shape index (κ2) is 12.5. The molecule has 0 spiro atoms. The highest BCUT2D eigenvalue weighted by atomic mass is 16.5. The molecule has 10 heteroatoms. The van der Waals surface area contributed by atoms with E-state index in [0.29, 0.717) is 63.7 Å². The maximum atomic E-state index is 14.1. The number of nitrogens with zero attached hydrogens (tertiary/aromatic N) is 2. The molecule has 2 atom stereocenters. The third kappa shape index (κ3) is 6.45. The first-order valence-electron chi connectivity index (χ1n) is 15.6. The normalized spacial score (nSPS) is 24.5. The number of rotatable bonds is 10. The zero-order chi connectivity index (χ0) is 30.1. The molecule has 1 aromatic rings. The van der Waals surface area contributed by atoms with E-state index in [9.17, 15) is 14.4 Å². The summed E-state index contributed by atoms with van der Waals surface area (Å²) in [5.41, 5.74) is 0.00213. The molecule has 4 aliphatic rings. The summed E-state index contributed by atoms with van der Waals surface area (Å²) in [6.07, 6.45) is 4.96. The van der Waals surface area contributed by atoms with Crippen molar-refractivity contribution in [3.05, 3.63) is 18.2 Å². The third-order valence-corrected chi connectivity index (χ3v) is 9.38. The van der Waals surface area contributed by atoms with Gasteiger partial charge in [0.1, 0.15) is 5.75 Å². The molecule has 10 nitrogen and oxygen atoms in total. The molecular weight excluding hydrogens is 536 g/mol. The van der Waals surface area contributed by atoms with Crippen molar-refractivity contribution >= 4 is 29.1 Å². The number of fused-ring (bicyclic) bond motifs is 1. The van der Waals surface area contributed by atoms with E-state index in [2.05, 4.69) is 10.6 Å². The molecule has 3 heterocycles. The number of hydrogen-bond acceptors (Lipinski definition) is 7. The summed E-state index contributed by atoms with van der Waals surface area (Å²) in [4.78, 5) is 44.5. The lowest BCUT2D eigenvalue weighted by atomic mass is 9.73. The van der Waals surface area contributed by atoms with Gasteiger partial charge in [0, 0.05) is 69.8 Å². The average molecular weight is 585 g/mol. The molecule has 0 aromatic heterocycles. The monoisotopic (exact) mass is 584 g/mol. The minimum atomic E-state index is -0.972. The molecule has 42 heavy (non-hydrogen) atoms. The van der Waals surface area contributed by atoms with Crippen LogP contribution < -0.4 is 25.2 Å². The number of anilines is 2. The van der Waals surface area contributed by atoms with Gasteiger partial charge >= 0.3 is 0 Å². The van der Waals surface area contributed by atoms with Gasteiger partial charge in [0.25, 0.3) is 5.91 Å². The van der Waals surface area contributed by atoms with Gasteiger partial charge in [-0.3, -0.25) is 14.4 Å². The predicted octanol–water partition coefficient (Wildman–Crippen LogP) is 3.27. The molecule has 0 radical (unpaired) electrons. The summed E-state index contributed by atoms with van der Waals surface area (Å²) in [5, 5.41) is 6.67. The minimum Gasteiger partial charge on any atom is -0.476 e. The Morgan fingerprint density at radius 1 is 1.17 bits per heavy atom. The molecule has 2 N–H and O–H groups in total. The fourth-order valence-electron chi connectivity index (χ4n) is 6.56. The lowest BCUT2D eigenvalue weighted by molar-refractivity contribution is -0.136. The van der Waals surface area contributed by atoms with Crippen molar-refractivity contribution in [2.24, 2.45) is 17.3 Å². The van der Waals surface area contributed by atoms with E-state index in [4.69, 9.17) is 14.2 Å². The highest BCUT2D eigenvalue weighted by molar-refractivity contribution is 6.04. The lowest BCUT2D eigenvalue weighted by Crippen LogP contribution is -2.56. The van der Waals surface area contributed by atoms with Crippen LogP contribution in [0.1, 0.15) is 66.2 Å². The SMILES string of the molecule is COCCCN1C(=O)C(C)(C)Oc2ccc(N(C(=O)[C@H]3CNC[C@@H](NC(=O)C(C)(C)C4CCOCC4)C3)C3CC3)cc21. The molecule has 2 saturated heterocycles. The number of methoxy groups -OCH3 is 1. The number of amides is 3. The van der Waals surface area contributed by atoms with Gasteiger partial charge < -0.3 is 34.6 Å². The molecule has 3 fully saturated rings. The predicted molar refractivity (Wildman–Crippen MR) is 161 cm³/mol. The maximum absolute atomic E-state index is 14.1. The Hall–Kier alpha value is -2.69. The topological polar surface area (TPSA) is 109 Å². The van der Waals surface area contributed by atoms with Crippen molar-refractivity contribution in [3.8, 4) is 5.75 Å². The maximum Gasteiger partial charge on any atom is 0.270 e. The van der Waals surface area contributed by atoms with Crippen molar-refractivity contribution in [1.29, 1.82) is 0 Å². The van der Waals surface area contributed by atoms with Gasteiger partial charge in [0.15, 0.2) is 5.60 Å². The summed E-state index contributed by atoms with van der Waals surface area (Å²) in [5.74, 6) is 0.655. The Morgan fingerprint density at radius 2 is 1.90 bits per heavy atom. The van der Waals surface area contributed by atoms with E-state index in [0.717, 1.165) is 31.4 Å². The lowest BCUT2D eigenvalue weighted by Gasteiger charge is -2.40. The Morgan fingerprint density at radius 3 is 2.60 bits per heavy atom. The number of nitrogens with one attached hydrogen (secondary N) is 2. The second-order valence-corrected chi connectivity index (χ2v) is 13.4. The van der Waals surface area contributed by atoms with Gasteiger partial charge in [-0.25, -0.2) is 0 Å². The van der Waals surface area contributed by atoms with Gasteiger partial charge in [-0.15, -0.1) is 0 Å². The Labute approximate surface area is 249 Å². The van der Waals surface area contributed by atoms with Crippen molar-refractivity contribution in [3.63, 3.8) is 0 Å². The largest absolute Gasteiger partial charge is 0.476 e. The van der Waals surface area contributed by atoms with E-state index in [1.165, 1.54) is 0 Å². The van der Waals surface area contributed by atoms with Crippen LogP contribution in [-0.2, 0) is 23.9 Å². The van der Waals surface area contributed by atoms with Crippen LogP contribution in [0.15, 0.2) is 18.2 Å². The summed E-state index contributed by atoms with van der Waals surface area (Å²) < 4.78 is 16.8. The van der Waals surface area contributed by atoms with Crippen LogP contribution in [0.2, 0.25) is 0 Å². The van der Waals surface area contributed by atoms with Gasteiger partial charge in [-0.1, -0.05) is 13.8 Å². The van der Waals surface area contributed by atoms with E-state index >= 15 is 0 Å². The zero-order valence-corrected chi connectivity index (χ0v) is 25.9. The van der Waals surface area contributed by atoms with E-state index < -0.39 is 11.0 Å². The average Bonchev–Trinajstić information content (AvgIpc) is 3.81. The summed E-state index contributed by atoms with van der Waals surface area (Å²) in [6, 6.07) is 5.76. The van der Waals surface area contributed by atoms with Crippen LogP contribution in [-0.4, -0.2) is 82.0 Å². The highest BCUT2D eigenvalue weighted by Gasteiger charge is 2.44. The zero-order valence-electron chi connectivity index (χ0n) is 25.9. The number of piperidine rings is 1. The first-order chi connectivity index (χ1) is 20.0. The van der Waals surface area contributed by atoms with Crippen LogP contribution in [0.4, 0.5) is 11.4 Å². The van der Waals surface area contributed by atoms with Gasteiger partial charge in [0.2, 0.25) is 11.8 Å². The van der Waals surface area contributed by atoms with Gasteiger partial charge in [0.05, 0.1) is 11.6 Å². The number of carbonyl (C=O) groups is 3. The van der Waals surface area contributed by atoms with Gasteiger partial charge in [-0.05, 0) is 76.5 Å². The second-order valence-electron chi connectivity index (χ2n) is 13.4. The van der Waals surface area contributed by atoms with Crippen LogP contribution >= 0.6 is 0 Å². The molecule has 5 rings (SSSR count). The molecule has 232 valence electrons. The van der Waals surface area contributed by atoms with E-state index in [-0.39, 0.29) is 41.6 Å². The third-order valence-electron chi connectivity index (χ3n) is 9.38. The number of ether oxygens (including phenoxy) is 3. The quantitative estimate of drug-likeness (QED) is 0.407. The van der Waals surface area contributed by atoms with Crippen LogP contribution in [0.25, 0.3) is 0 Å². The Kier molecular flexibility index (Phi) is 9.16. The number of carbonyl (C=O) groups excluding carboxylic acids is 3. The molecular formula is C32H48N4O6. The van der Waals surface area contributed by atoms with Crippen LogP contribution in [0, 0.1) is 17.3 Å². The minimum absolute atomic E-state index is 0.0455. The van der Waals surface area contributed by atoms with Crippen molar-refractivity contribution < 1.29 is 28.6 Å². The van der Waals surface area contributed by atoms with Crippen molar-refractivity contribution in [2.75, 3.05) is 56.4 Å².